The monoisotopic (exact) mass is 290 g/mol. The summed E-state index contributed by atoms with van der Waals surface area (Å²) in [6.07, 6.45) is 4.97. The van der Waals surface area contributed by atoms with Crippen molar-refractivity contribution in [3.05, 3.63) is 23.8 Å². The van der Waals surface area contributed by atoms with Crippen molar-refractivity contribution >= 4 is 0 Å². The van der Waals surface area contributed by atoms with E-state index in [9.17, 15) is 0 Å². The van der Waals surface area contributed by atoms with Gasteiger partial charge < -0.3 is 20.1 Å². The molecule has 0 radical (unpaired) electrons. The Balaban J connectivity index is 1.75. The van der Waals surface area contributed by atoms with E-state index in [1.165, 1.54) is 24.8 Å². The highest BCUT2D eigenvalue weighted by Gasteiger charge is 2.20. The van der Waals surface area contributed by atoms with E-state index < -0.39 is 0 Å². The van der Waals surface area contributed by atoms with Crippen LogP contribution in [0.4, 0.5) is 0 Å². The Hall–Kier alpha value is -1.26. The largest absolute Gasteiger partial charge is 0.493 e. The van der Waals surface area contributed by atoms with Crippen molar-refractivity contribution < 1.29 is 9.47 Å². The third kappa shape index (κ3) is 3.69. The van der Waals surface area contributed by atoms with Gasteiger partial charge in [-0.15, -0.1) is 0 Å². The first-order valence-corrected chi connectivity index (χ1v) is 8.13. The predicted octanol–water partition coefficient (Wildman–Crippen LogP) is 2.29. The summed E-state index contributed by atoms with van der Waals surface area (Å²) in [6.45, 7) is 4.26. The van der Waals surface area contributed by atoms with E-state index in [-0.39, 0.29) is 6.10 Å². The second-order valence-corrected chi connectivity index (χ2v) is 6.02. The SMILES string of the molecule is COc1ccc(C2CCNCC2)cc1OC1CCCNC1. The maximum Gasteiger partial charge on any atom is 0.161 e. The Morgan fingerprint density at radius 3 is 2.57 bits per heavy atom. The average molecular weight is 290 g/mol. The van der Waals surface area contributed by atoms with E-state index in [0.717, 1.165) is 44.1 Å². The molecule has 2 N–H and O–H groups in total. The highest BCUT2D eigenvalue weighted by Crippen LogP contribution is 2.34. The molecule has 4 heteroatoms. The van der Waals surface area contributed by atoms with Gasteiger partial charge in [0.25, 0.3) is 0 Å². The third-order valence-corrected chi connectivity index (χ3v) is 4.54. The maximum atomic E-state index is 6.21. The van der Waals surface area contributed by atoms with Crippen LogP contribution >= 0.6 is 0 Å². The van der Waals surface area contributed by atoms with Gasteiger partial charge in [-0.2, -0.15) is 0 Å². The van der Waals surface area contributed by atoms with Gasteiger partial charge in [-0.1, -0.05) is 6.07 Å². The zero-order valence-corrected chi connectivity index (χ0v) is 12.9. The van der Waals surface area contributed by atoms with Crippen LogP contribution in [0.5, 0.6) is 11.5 Å². The number of methoxy groups -OCH3 is 1. The van der Waals surface area contributed by atoms with Gasteiger partial charge in [-0.05, 0) is 68.9 Å². The molecule has 1 unspecified atom stereocenters. The minimum atomic E-state index is 0.260. The molecule has 21 heavy (non-hydrogen) atoms. The summed E-state index contributed by atoms with van der Waals surface area (Å²) in [5.74, 6) is 2.39. The zero-order valence-electron chi connectivity index (χ0n) is 12.9. The first-order chi connectivity index (χ1) is 10.4. The van der Waals surface area contributed by atoms with Crippen molar-refractivity contribution in [3.8, 4) is 11.5 Å². The zero-order chi connectivity index (χ0) is 14.5. The highest BCUT2D eigenvalue weighted by molar-refractivity contribution is 5.44. The van der Waals surface area contributed by atoms with Crippen LogP contribution in [-0.4, -0.2) is 39.4 Å². The standard InChI is InChI=1S/C17H26N2O2/c1-20-16-5-4-14(13-6-9-18-10-7-13)11-17(16)21-15-3-2-8-19-12-15/h4-5,11,13,15,18-19H,2-3,6-10,12H2,1H3. The molecular weight excluding hydrogens is 264 g/mol. The lowest BCUT2D eigenvalue weighted by atomic mass is 9.90. The van der Waals surface area contributed by atoms with Crippen LogP contribution < -0.4 is 20.1 Å². The predicted molar refractivity (Wildman–Crippen MR) is 84.4 cm³/mol. The van der Waals surface area contributed by atoms with Gasteiger partial charge in [0.05, 0.1) is 7.11 Å². The van der Waals surface area contributed by atoms with E-state index in [1.807, 2.05) is 0 Å². The number of nitrogens with one attached hydrogen (secondary N) is 2. The Morgan fingerprint density at radius 2 is 1.86 bits per heavy atom. The van der Waals surface area contributed by atoms with Crippen LogP contribution in [0.3, 0.4) is 0 Å². The molecule has 0 aromatic heterocycles. The lowest BCUT2D eigenvalue weighted by Crippen LogP contribution is -2.37. The van der Waals surface area contributed by atoms with Crippen molar-refractivity contribution in [2.24, 2.45) is 0 Å². The van der Waals surface area contributed by atoms with Crippen molar-refractivity contribution in [3.63, 3.8) is 0 Å². The lowest BCUT2D eigenvalue weighted by Gasteiger charge is -2.27. The maximum absolute atomic E-state index is 6.21. The van der Waals surface area contributed by atoms with Gasteiger partial charge in [0.1, 0.15) is 6.10 Å². The van der Waals surface area contributed by atoms with Crippen molar-refractivity contribution in [1.82, 2.24) is 10.6 Å². The fourth-order valence-electron chi connectivity index (χ4n) is 3.29. The van der Waals surface area contributed by atoms with Crippen LogP contribution in [-0.2, 0) is 0 Å². The second-order valence-electron chi connectivity index (χ2n) is 6.02. The molecule has 2 heterocycles. The van der Waals surface area contributed by atoms with Crippen molar-refractivity contribution in [1.29, 1.82) is 0 Å². The molecule has 3 rings (SSSR count). The molecule has 4 nitrogen and oxygen atoms in total. The van der Waals surface area contributed by atoms with Gasteiger partial charge in [0, 0.05) is 6.54 Å². The molecule has 1 aromatic rings. The lowest BCUT2D eigenvalue weighted by molar-refractivity contribution is 0.161. The van der Waals surface area contributed by atoms with E-state index in [1.54, 1.807) is 7.11 Å². The van der Waals surface area contributed by atoms with Crippen LogP contribution in [0.15, 0.2) is 18.2 Å². The molecule has 116 valence electrons. The van der Waals surface area contributed by atoms with Gasteiger partial charge in [0.2, 0.25) is 0 Å². The molecule has 1 atom stereocenters. The summed E-state index contributed by atoms with van der Waals surface area (Å²) in [5.41, 5.74) is 1.39. The topological polar surface area (TPSA) is 42.5 Å². The smallest absolute Gasteiger partial charge is 0.161 e. The number of piperidine rings is 2. The van der Waals surface area contributed by atoms with Gasteiger partial charge >= 0.3 is 0 Å². The summed E-state index contributed by atoms with van der Waals surface area (Å²) in [6, 6.07) is 6.45. The van der Waals surface area contributed by atoms with E-state index >= 15 is 0 Å². The normalized spacial score (nSPS) is 23.8. The highest BCUT2D eigenvalue weighted by atomic mass is 16.5. The Labute approximate surface area is 127 Å². The molecule has 2 aliphatic rings. The number of rotatable bonds is 4. The summed E-state index contributed by atoms with van der Waals surface area (Å²) in [5, 5.41) is 6.82. The second kappa shape index (κ2) is 7.14. The molecule has 0 saturated carbocycles. The van der Waals surface area contributed by atoms with Crippen LogP contribution in [0.1, 0.15) is 37.2 Å². The fourth-order valence-corrected chi connectivity index (χ4v) is 3.29. The molecule has 0 bridgehead atoms. The Kier molecular flexibility index (Phi) is 4.99. The van der Waals surface area contributed by atoms with E-state index in [0.29, 0.717) is 5.92 Å². The first-order valence-electron chi connectivity index (χ1n) is 8.13. The van der Waals surface area contributed by atoms with Crippen molar-refractivity contribution in [2.75, 3.05) is 33.3 Å². The van der Waals surface area contributed by atoms with Crippen LogP contribution in [0.2, 0.25) is 0 Å². The summed E-state index contributed by atoms with van der Waals surface area (Å²) >= 11 is 0. The molecule has 2 aliphatic heterocycles. The molecular formula is C17H26N2O2. The average Bonchev–Trinajstić information content (AvgIpc) is 2.56. The number of hydrogen-bond donors (Lipinski definition) is 2. The number of hydrogen-bond acceptors (Lipinski definition) is 4. The van der Waals surface area contributed by atoms with Gasteiger partial charge in [-0.3, -0.25) is 0 Å². The molecule has 0 spiro atoms. The fraction of sp³-hybridized carbons (Fsp3) is 0.647. The number of benzene rings is 1. The van der Waals surface area contributed by atoms with Gasteiger partial charge in [-0.25, -0.2) is 0 Å². The quantitative estimate of drug-likeness (QED) is 0.893. The third-order valence-electron chi connectivity index (χ3n) is 4.54. The van der Waals surface area contributed by atoms with Crippen LogP contribution in [0.25, 0.3) is 0 Å². The van der Waals surface area contributed by atoms with Crippen molar-refractivity contribution in [2.45, 2.75) is 37.7 Å². The molecule has 2 saturated heterocycles. The van der Waals surface area contributed by atoms with E-state index in [2.05, 4.69) is 28.8 Å². The Bertz CT molecular complexity index is 452. The first kappa shape index (κ1) is 14.7. The molecule has 1 aromatic carbocycles. The molecule has 2 fully saturated rings. The minimum absolute atomic E-state index is 0.260. The minimum Gasteiger partial charge on any atom is -0.493 e. The number of ether oxygens (including phenoxy) is 2. The van der Waals surface area contributed by atoms with E-state index in [4.69, 9.17) is 9.47 Å². The summed E-state index contributed by atoms with van der Waals surface area (Å²) < 4.78 is 11.7. The summed E-state index contributed by atoms with van der Waals surface area (Å²) in [7, 11) is 1.71. The Morgan fingerprint density at radius 1 is 1.00 bits per heavy atom. The van der Waals surface area contributed by atoms with Crippen LogP contribution in [0, 0.1) is 0 Å². The summed E-state index contributed by atoms with van der Waals surface area (Å²) in [4.78, 5) is 0. The molecule has 0 amide bonds. The van der Waals surface area contributed by atoms with Gasteiger partial charge in [0.15, 0.2) is 11.5 Å². The molecule has 0 aliphatic carbocycles.